The van der Waals surface area contributed by atoms with Gasteiger partial charge in [0.2, 0.25) is 0 Å². The van der Waals surface area contributed by atoms with E-state index in [9.17, 15) is 0 Å². The zero-order chi connectivity index (χ0) is 25.9. The minimum Gasteiger partial charge on any atom is -0.449 e. The molecule has 2 fully saturated rings. The highest BCUT2D eigenvalue weighted by Gasteiger charge is 2.38. The minimum atomic E-state index is -0.238. The lowest BCUT2D eigenvalue weighted by atomic mass is 9.68. The van der Waals surface area contributed by atoms with E-state index in [-0.39, 0.29) is 6.04 Å². The van der Waals surface area contributed by atoms with E-state index in [2.05, 4.69) is 63.2 Å². The summed E-state index contributed by atoms with van der Waals surface area (Å²) in [5, 5.41) is 13.8. The number of benzene rings is 1. The number of aryl methyl sites for hydroxylation is 2. The molecule has 0 unspecified atom stereocenters. The number of aliphatic imine (C=N–C) groups is 1. The third-order valence-electron chi connectivity index (χ3n) is 9.12. The normalized spacial score (nSPS) is 24.8. The molecule has 196 valence electrons. The molecule has 5 heterocycles. The van der Waals surface area contributed by atoms with Crippen LogP contribution in [0.1, 0.15) is 88.7 Å². The largest absolute Gasteiger partial charge is 0.449 e. The second-order valence-corrected chi connectivity index (χ2v) is 12.6. The number of thiophene rings is 1. The third-order valence-corrected chi connectivity index (χ3v) is 10.3. The molecule has 0 radical (unpaired) electrons. The van der Waals surface area contributed by atoms with Crippen molar-refractivity contribution in [3.8, 4) is 5.00 Å². The maximum Gasteiger partial charge on any atom is 0.196 e. The van der Waals surface area contributed by atoms with Crippen LogP contribution in [0.2, 0.25) is 0 Å². The lowest BCUT2D eigenvalue weighted by molar-refractivity contribution is 0.199. The SMILES string of the molecule is Cc1sc2c(c1C)C(c1ccc(C3CCC4(CCNC4)CC3)cc1)=N[C@@H](Cc1ncco1)c1nnc(C)n1-2. The van der Waals surface area contributed by atoms with Gasteiger partial charge in [-0.1, -0.05) is 24.3 Å². The number of hydrogen-bond donors (Lipinski definition) is 1. The first-order chi connectivity index (χ1) is 18.5. The Balaban J connectivity index is 1.26. The van der Waals surface area contributed by atoms with Gasteiger partial charge < -0.3 is 9.73 Å². The number of rotatable bonds is 4. The number of nitrogens with one attached hydrogen (secondary N) is 1. The fourth-order valence-corrected chi connectivity index (χ4v) is 7.96. The van der Waals surface area contributed by atoms with Crippen molar-refractivity contribution in [2.75, 3.05) is 13.1 Å². The second-order valence-electron chi connectivity index (χ2n) is 11.4. The van der Waals surface area contributed by atoms with E-state index in [1.165, 1.54) is 66.8 Å². The quantitative estimate of drug-likeness (QED) is 0.352. The molecule has 7 nitrogen and oxygen atoms in total. The number of fused-ring (bicyclic) bond motifs is 3. The summed E-state index contributed by atoms with van der Waals surface area (Å²) in [4.78, 5) is 11.0. The zero-order valence-corrected chi connectivity index (χ0v) is 23.1. The van der Waals surface area contributed by atoms with E-state index in [1.54, 1.807) is 23.8 Å². The molecule has 1 atom stereocenters. The summed E-state index contributed by atoms with van der Waals surface area (Å²) in [6.45, 7) is 8.81. The minimum absolute atomic E-state index is 0.238. The van der Waals surface area contributed by atoms with Crippen molar-refractivity contribution in [1.29, 1.82) is 0 Å². The van der Waals surface area contributed by atoms with Gasteiger partial charge in [0.05, 0.1) is 18.3 Å². The molecule has 3 aliphatic rings. The fraction of sp³-hybridized carbons (Fsp3) is 0.467. The third kappa shape index (κ3) is 3.96. The molecular weight excluding hydrogens is 492 g/mol. The van der Waals surface area contributed by atoms with Gasteiger partial charge in [0, 0.05) is 22.5 Å². The molecule has 1 saturated carbocycles. The predicted molar refractivity (Wildman–Crippen MR) is 150 cm³/mol. The van der Waals surface area contributed by atoms with E-state index >= 15 is 0 Å². The summed E-state index contributed by atoms with van der Waals surface area (Å²) in [5.74, 6) is 3.03. The summed E-state index contributed by atoms with van der Waals surface area (Å²) in [6.07, 6.45) is 10.5. The lowest BCUT2D eigenvalue weighted by Gasteiger charge is -2.37. The average molecular weight is 527 g/mol. The number of aromatic nitrogens is 4. The van der Waals surface area contributed by atoms with Gasteiger partial charge in [-0.15, -0.1) is 21.5 Å². The zero-order valence-electron chi connectivity index (χ0n) is 22.3. The van der Waals surface area contributed by atoms with Crippen molar-refractivity contribution >= 4 is 17.0 Å². The fourth-order valence-electron chi connectivity index (χ4n) is 6.74. The molecule has 1 spiro atoms. The van der Waals surface area contributed by atoms with E-state index < -0.39 is 0 Å². The van der Waals surface area contributed by atoms with E-state index in [0.29, 0.717) is 23.6 Å². The molecule has 1 aromatic carbocycles. The van der Waals surface area contributed by atoms with Crippen LogP contribution in [0, 0.1) is 26.2 Å². The molecule has 4 aromatic rings. The summed E-state index contributed by atoms with van der Waals surface area (Å²) >= 11 is 1.79. The van der Waals surface area contributed by atoms with Gasteiger partial charge in [0.15, 0.2) is 11.7 Å². The molecule has 1 aliphatic carbocycles. The topological polar surface area (TPSA) is 81.1 Å². The van der Waals surface area contributed by atoms with Gasteiger partial charge in [-0.2, -0.15) is 0 Å². The van der Waals surface area contributed by atoms with Gasteiger partial charge in [0.1, 0.15) is 23.1 Å². The van der Waals surface area contributed by atoms with Gasteiger partial charge in [-0.25, -0.2) is 4.98 Å². The Labute approximate surface area is 227 Å². The van der Waals surface area contributed by atoms with Crippen LogP contribution in [0.3, 0.4) is 0 Å². The van der Waals surface area contributed by atoms with E-state index in [1.807, 2.05) is 6.92 Å². The van der Waals surface area contributed by atoms with Crippen molar-refractivity contribution in [2.24, 2.45) is 10.4 Å². The van der Waals surface area contributed by atoms with Crippen molar-refractivity contribution in [2.45, 2.75) is 71.3 Å². The van der Waals surface area contributed by atoms with Crippen LogP contribution >= 0.6 is 11.3 Å². The molecular formula is C30H34N6OS. The first-order valence-corrected chi connectivity index (χ1v) is 14.6. The van der Waals surface area contributed by atoms with Crippen LogP contribution in [0.15, 0.2) is 46.1 Å². The molecule has 8 heteroatoms. The highest BCUT2D eigenvalue weighted by molar-refractivity contribution is 7.15. The van der Waals surface area contributed by atoms with E-state index in [4.69, 9.17) is 9.41 Å². The predicted octanol–water partition coefficient (Wildman–Crippen LogP) is 6.01. The standard InChI is InChI=1S/C30H34N6OS/c1-18-19(2)38-29-26(18)27(33-24(16-25-32-14-15-37-25)28-35-34-20(3)36(28)29)23-6-4-21(5-7-23)22-8-10-30(11-9-22)12-13-31-17-30/h4-7,14-15,22,24,31H,8-13,16-17H2,1-3H3/t22?,24-,30?/m0/s1. The maximum absolute atomic E-state index is 5.62. The van der Waals surface area contributed by atoms with E-state index in [0.717, 1.165) is 27.9 Å². The lowest BCUT2D eigenvalue weighted by Crippen LogP contribution is -2.29. The molecule has 3 aromatic heterocycles. The van der Waals surface area contributed by atoms with Crippen molar-refractivity contribution in [1.82, 2.24) is 25.1 Å². The highest BCUT2D eigenvalue weighted by Crippen LogP contribution is 2.46. The number of nitrogens with zero attached hydrogens (tertiary/aromatic N) is 5. The molecule has 0 bridgehead atoms. The molecule has 2 aliphatic heterocycles. The van der Waals surface area contributed by atoms with Crippen LogP contribution in [-0.2, 0) is 6.42 Å². The Morgan fingerprint density at radius 1 is 1.08 bits per heavy atom. The average Bonchev–Trinajstić information content (AvgIpc) is 3.72. The Morgan fingerprint density at radius 2 is 1.89 bits per heavy atom. The second kappa shape index (κ2) is 9.27. The Hall–Kier alpha value is -3.10. The smallest absolute Gasteiger partial charge is 0.196 e. The summed E-state index contributed by atoms with van der Waals surface area (Å²) in [7, 11) is 0. The summed E-state index contributed by atoms with van der Waals surface area (Å²) < 4.78 is 7.81. The van der Waals surface area contributed by atoms with Crippen LogP contribution in [0.4, 0.5) is 0 Å². The highest BCUT2D eigenvalue weighted by atomic mass is 32.1. The van der Waals surface area contributed by atoms with Gasteiger partial charge in [-0.05, 0) is 81.9 Å². The molecule has 38 heavy (non-hydrogen) atoms. The summed E-state index contributed by atoms with van der Waals surface area (Å²) in [5.41, 5.74) is 6.66. The Morgan fingerprint density at radius 3 is 2.61 bits per heavy atom. The van der Waals surface area contributed by atoms with Gasteiger partial charge in [0.25, 0.3) is 0 Å². The van der Waals surface area contributed by atoms with Gasteiger partial charge in [-0.3, -0.25) is 9.56 Å². The van der Waals surface area contributed by atoms with Crippen molar-refractivity contribution < 1.29 is 4.42 Å². The van der Waals surface area contributed by atoms with Crippen molar-refractivity contribution in [3.05, 3.63) is 81.4 Å². The van der Waals surface area contributed by atoms with Crippen molar-refractivity contribution in [3.63, 3.8) is 0 Å². The van der Waals surface area contributed by atoms with Crippen LogP contribution < -0.4 is 5.32 Å². The van der Waals surface area contributed by atoms with Crippen LogP contribution in [0.25, 0.3) is 5.00 Å². The molecule has 7 rings (SSSR count). The monoisotopic (exact) mass is 526 g/mol. The first kappa shape index (κ1) is 24.0. The number of hydrogen-bond acceptors (Lipinski definition) is 7. The Kier molecular flexibility index (Phi) is 5.85. The summed E-state index contributed by atoms with van der Waals surface area (Å²) in [6, 6.07) is 9.03. The maximum atomic E-state index is 5.62. The molecule has 1 saturated heterocycles. The van der Waals surface area contributed by atoms with Crippen LogP contribution in [0.5, 0.6) is 0 Å². The van der Waals surface area contributed by atoms with Crippen LogP contribution in [-0.4, -0.2) is 38.5 Å². The molecule has 0 amide bonds. The molecule has 1 N–H and O–H groups in total. The Bertz CT molecular complexity index is 1480. The number of oxazole rings is 1. The van der Waals surface area contributed by atoms with Gasteiger partial charge >= 0.3 is 0 Å². The first-order valence-electron chi connectivity index (χ1n) is 13.8.